The zero-order chi connectivity index (χ0) is 13.8. The number of nitrogens with one attached hydrogen (secondary N) is 2. The summed E-state index contributed by atoms with van der Waals surface area (Å²) in [4.78, 5) is 14.2. The predicted molar refractivity (Wildman–Crippen MR) is 78.1 cm³/mol. The number of hydrogen-bond donors (Lipinski definition) is 2. The highest BCUT2D eigenvalue weighted by molar-refractivity contribution is 5.76. The van der Waals surface area contributed by atoms with E-state index in [4.69, 9.17) is 0 Å². The number of carbonyl (C=O) groups excluding carboxylic acids is 1. The van der Waals surface area contributed by atoms with Crippen molar-refractivity contribution >= 4 is 5.91 Å². The molecule has 2 rings (SSSR count). The topological polar surface area (TPSA) is 44.4 Å². The van der Waals surface area contributed by atoms with Gasteiger partial charge in [0.1, 0.15) is 0 Å². The van der Waals surface area contributed by atoms with E-state index in [9.17, 15) is 4.79 Å². The Morgan fingerprint density at radius 3 is 2.47 bits per heavy atom. The van der Waals surface area contributed by atoms with Crippen molar-refractivity contribution in [3.05, 3.63) is 0 Å². The van der Waals surface area contributed by atoms with Gasteiger partial charge < -0.3 is 15.5 Å². The van der Waals surface area contributed by atoms with Gasteiger partial charge >= 0.3 is 0 Å². The van der Waals surface area contributed by atoms with Gasteiger partial charge in [-0.15, -0.1) is 0 Å². The molecule has 2 saturated heterocycles. The van der Waals surface area contributed by atoms with Crippen LogP contribution in [0.25, 0.3) is 0 Å². The third-order valence-corrected chi connectivity index (χ3v) is 4.57. The number of hydrogen-bond acceptors (Lipinski definition) is 3. The van der Waals surface area contributed by atoms with E-state index in [1.54, 1.807) is 0 Å². The van der Waals surface area contributed by atoms with Gasteiger partial charge in [-0.25, -0.2) is 0 Å². The fraction of sp³-hybridized carbons (Fsp3) is 0.933. The fourth-order valence-electron chi connectivity index (χ4n) is 3.57. The number of carbonyl (C=O) groups is 1. The minimum Gasteiger partial charge on any atom is -0.354 e. The molecule has 2 aliphatic rings. The van der Waals surface area contributed by atoms with Crippen LogP contribution in [0, 0.1) is 0 Å². The molecule has 1 amide bonds. The van der Waals surface area contributed by atoms with Crippen LogP contribution in [0.5, 0.6) is 0 Å². The molecule has 4 heteroatoms. The number of nitrogens with zero attached hydrogens (tertiary/aromatic N) is 1. The van der Waals surface area contributed by atoms with E-state index in [-0.39, 0.29) is 11.9 Å². The Labute approximate surface area is 117 Å². The first-order valence-corrected chi connectivity index (χ1v) is 7.81. The van der Waals surface area contributed by atoms with Crippen LogP contribution in [0.15, 0.2) is 0 Å². The fourth-order valence-corrected chi connectivity index (χ4v) is 3.57. The highest BCUT2D eigenvalue weighted by atomic mass is 16.1. The van der Waals surface area contributed by atoms with Crippen LogP contribution in [0.4, 0.5) is 0 Å². The molecule has 2 fully saturated rings. The largest absolute Gasteiger partial charge is 0.354 e. The summed E-state index contributed by atoms with van der Waals surface area (Å²) in [6.45, 7) is 4.82. The first-order valence-electron chi connectivity index (χ1n) is 7.81. The second-order valence-electron chi connectivity index (χ2n) is 6.50. The number of fused-ring (bicyclic) bond motifs is 2. The van der Waals surface area contributed by atoms with Crippen molar-refractivity contribution in [2.45, 2.75) is 76.5 Å². The highest BCUT2D eigenvalue weighted by Gasteiger charge is 2.35. The van der Waals surface area contributed by atoms with Gasteiger partial charge in [0.2, 0.25) is 5.91 Å². The maximum absolute atomic E-state index is 11.6. The van der Waals surface area contributed by atoms with Crippen molar-refractivity contribution in [2.75, 3.05) is 13.6 Å². The molecule has 2 aliphatic heterocycles. The second-order valence-corrected chi connectivity index (χ2v) is 6.50. The standard InChI is InChI=1S/C15H29N3O/c1-11(2)17-15(19)7-8-16-12-9-13-5-4-6-14(10-12)18(13)3/h11-14,16H,4-10H2,1-3H3,(H,17,19). The molecular weight excluding hydrogens is 238 g/mol. The Balaban J connectivity index is 1.68. The van der Waals surface area contributed by atoms with E-state index in [1.807, 2.05) is 13.8 Å². The summed E-state index contributed by atoms with van der Waals surface area (Å²) in [5.74, 6) is 0.163. The lowest BCUT2D eigenvalue weighted by Crippen LogP contribution is -2.54. The van der Waals surface area contributed by atoms with Crippen LogP contribution in [-0.4, -0.2) is 48.6 Å². The Hall–Kier alpha value is -0.610. The van der Waals surface area contributed by atoms with Gasteiger partial charge in [-0.3, -0.25) is 4.79 Å². The average molecular weight is 267 g/mol. The number of rotatable bonds is 5. The van der Waals surface area contributed by atoms with E-state index < -0.39 is 0 Å². The quantitative estimate of drug-likeness (QED) is 0.793. The molecule has 0 spiro atoms. The zero-order valence-electron chi connectivity index (χ0n) is 12.6. The molecule has 4 nitrogen and oxygen atoms in total. The van der Waals surface area contributed by atoms with Gasteiger partial charge in [0.25, 0.3) is 0 Å². The lowest BCUT2D eigenvalue weighted by atomic mass is 9.82. The zero-order valence-corrected chi connectivity index (χ0v) is 12.6. The van der Waals surface area contributed by atoms with Crippen molar-refractivity contribution in [1.82, 2.24) is 15.5 Å². The van der Waals surface area contributed by atoms with Gasteiger partial charge in [-0.1, -0.05) is 6.42 Å². The molecule has 0 aliphatic carbocycles. The summed E-state index contributed by atoms with van der Waals surface area (Å²) in [7, 11) is 2.28. The Kier molecular flexibility index (Phi) is 5.22. The molecule has 0 radical (unpaired) electrons. The van der Waals surface area contributed by atoms with Crippen LogP contribution >= 0.6 is 0 Å². The van der Waals surface area contributed by atoms with E-state index >= 15 is 0 Å². The summed E-state index contributed by atoms with van der Waals surface area (Å²) < 4.78 is 0. The van der Waals surface area contributed by atoms with Crippen molar-refractivity contribution in [1.29, 1.82) is 0 Å². The predicted octanol–water partition coefficient (Wildman–Crippen LogP) is 1.51. The number of amides is 1. The van der Waals surface area contributed by atoms with E-state index in [1.165, 1.54) is 32.1 Å². The third-order valence-electron chi connectivity index (χ3n) is 4.57. The molecule has 2 unspecified atom stereocenters. The smallest absolute Gasteiger partial charge is 0.221 e. The molecule has 110 valence electrons. The van der Waals surface area contributed by atoms with Crippen LogP contribution in [0.3, 0.4) is 0 Å². The Bertz CT molecular complexity index is 292. The van der Waals surface area contributed by atoms with Gasteiger partial charge in [0.15, 0.2) is 0 Å². The monoisotopic (exact) mass is 267 g/mol. The van der Waals surface area contributed by atoms with Crippen LogP contribution in [0.2, 0.25) is 0 Å². The molecule has 2 heterocycles. The molecule has 0 aromatic rings. The summed E-state index contributed by atoms with van der Waals surface area (Å²) in [6.07, 6.45) is 7.18. The summed E-state index contributed by atoms with van der Waals surface area (Å²) in [6, 6.07) is 2.37. The van der Waals surface area contributed by atoms with Crippen LogP contribution in [0.1, 0.15) is 52.4 Å². The van der Waals surface area contributed by atoms with Gasteiger partial charge in [-0.2, -0.15) is 0 Å². The van der Waals surface area contributed by atoms with Crippen LogP contribution in [-0.2, 0) is 4.79 Å². The van der Waals surface area contributed by atoms with Gasteiger partial charge in [0, 0.05) is 37.1 Å². The molecule has 0 aromatic carbocycles. The lowest BCUT2D eigenvalue weighted by Gasteiger charge is -2.47. The SMILES string of the molecule is CC(C)NC(=O)CCNC1CC2CCCC(C1)N2C. The third kappa shape index (κ3) is 4.18. The van der Waals surface area contributed by atoms with Crippen molar-refractivity contribution in [2.24, 2.45) is 0 Å². The van der Waals surface area contributed by atoms with E-state index in [0.717, 1.165) is 18.6 Å². The molecule has 2 atom stereocenters. The minimum absolute atomic E-state index is 0.163. The van der Waals surface area contributed by atoms with Crippen molar-refractivity contribution in [3.63, 3.8) is 0 Å². The Morgan fingerprint density at radius 1 is 1.26 bits per heavy atom. The summed E-state index contributed by atoms with van der Waals surface area (Å²) >= 11 is 0. The maximum atomic E-state index is 11.6. The maximum Gasteiger partial charge on any atom is 0.221 e. The molecule has 2 N–H and O–H groups in total. The normalized spacial score (nSPS) is 31.5. The molecule has 0 saturated carbocycles. The van der Waals surface area contributed by atoms with Crippen LogP contribution < -0.4 is 10.6 Å². The lowest BCUT2D eigenvalue weighted by molar-refractivity contribution is -0.121. The Morgan fingerprint density at radius 2 is 1.89 bits per heavy atom. The van der Waals surface area contributed by atoms with E-state index in [0.29, 0.717) is 12.5 Å². The van der Waals surface area contributed by atoms with Gasteiger partial charge in [-0.05, 0) is 46.6 Å². The molecule has 19 heavy (non-hydrogen) atoms. The molecule has 2 bridgehead atoms. The summed E-state index contributed by atoms with van der Waals surface area (Å²) in [5, 5.41) is 6.53. The summed E-state index contributed by atoms with van der Waals surface area (Å²) in [5.41, 5.74) is 0. The average Bonchev–Trinajstić information content (AvgIpc) is 2.29. The second kappa shape index (κ2) is 6.71. The number of piperidine rings is 2. The van der Waals surface area contributed by atoms with Crippen molar-refractivity contribution in [3.8, 4) is 0 Å². The molecule has 0 aromatic heterocycles. The minimum atomic E-state index is 0.163. The van der Waals surface area contributed by atoms with E-state index in [2.05, 4.69) is 22.6 Å². The van der Waals surface area contributed by atoms with Crippen molar-refractivity contribution < 1.29 is 4.79 Å². The first kappa shape index (κ1) is 14.8. The van der Waals surface area contributed by atoms with Gasteiger partial charge in [0.05, 0.1) is 0 Å². The molecular formula is C15H29N3O. The highest BCUT2D eigenvalue weighted by Crippen LogP contribution is 2.32. The first-order chi connectivity index (χ1) is 9.06.